The van der Waals surface area contributed by atoms with Gasteiger partial charge >= 0.3 is 23.5 Å². The lowest BCUT2D eigenvalue weighted by atomic mass is 10.1. The normalized spacial score (nSPS) is 10.1. The fourth-order valence-corrected chi connectivity index (χ4v) is 3.04. The number of amides is 1. The molecule has 0 fully saturated rings. The third-order valence-corrected chi connectivity index (χ3v) is 3.93. The number of thiophene rings is 1. The van der Waals surface area contributed by atoms with Gasteiger partial charge in [0.05, 0.1) is 23.7 Å². The van der Waals surface area contributed by atoms with Gasteiger partial charge in [-0.25, -0.2) is 9.59 Å². The first-order valence-corrected chi connectivity index (χ1v) is 8.14. The fourth-order valence-electron chi connectivity index (χ4n) is 1.93. The van der Waals surface area contributed by atoms with Crippen LogP contribution in [0.3, 0.4) is 0 Å². The van der Waals surface area contributed by atoms with Crippen LogP contribution < -0.4 is 5.32 Å². The SMILES string of the molecule is CCCc1c(C(=O)OCC)sc(NC(=O)C(=O)OCC)c1[N+](=O)[O-]. The van der Waals surface area contributed by atoms with Crippen molar-refractivity contribution in [2.75, 3.05) is 18.5 Å². The third kappa shape index (κ3) is 4.51. The molecule has 0 radical (unpaired) electrons. The molecule has 9 nitrogen and oxygen atoms in total. The second-order valence-electron chi connectivity index (χ2n) is 4.49. The van der Waals surface area contributed by atoms with Gasteiger partial charge in [-0.15, -0.1) is 11.3 Å². The van der Waals surface area contributed by atoms with Gasteiger partial charge in [0, 0.05) is 0 Å². The van der Waals surface area contributed by atoms with Crippen LogP contribution in [0.5, 0.6) is 0 Å². The lowest BCUT2D eigenvalue weighted by Crippen LogP contribution is -2.24. The molecule has 0 aliphatic carbocycles. The molecule has 0 spiro atoms. The highest BCUT2D eigenvalue weighted by Gasteiger charge is 2.32. The van der Waals surface area contributed by atoms with Crippen molar-refractivity contribution in [3.8, 4) is 0 Å². The van der Waals surface area contributed by atoms with Gasteiger partial charge in [-0.1, -0.05) is 13.3 Å². The van der Waals surface area contributed by atoms with Crippen LogP contribution in [0.2, 0.25) is 0 Å². The molecule has 0 aliphatic heterocycles. The van der Waals surface area contributed by atoms with Crippen molar-refractivity contribution in [2.24, 2.45) is 0 Å². The molecule has 1 rings (SSSR count). The quantitative estimate of drug-likeness (QED) is 0.343. The van der Waals surface area contributed by atoms with Crippen LogP contribution in [-0.2, 0) is 25.5 Å². The minimum atomic E-state index is -1.16. The first kappa shape index (κ1) is 19.6. The highest BCUT2D eigenvalue weighted by atomic mass is 32.1. The van der Waals surface area contributed by atoms with E-state index < -0.39 is 28.5 Å². The maximum atomic E-state index is 12.0. The molecule has 0 saturated heterocycles. The highest BCUT2D eigenvalue weighted by Crippen LogP contribution is 2.41. The number of carbonyl (C=O) groups is 3. The van der Waals surface area contributed by atoms with Crippen molar-refractivity contribution in [1.82, 2.24) is 0 Å². The van der Waals surface area contributed by atoms with Crippen molar-refractivity contribution >= 4 is 39.9 Å². The molecule has 1 aromatic rings. The summed E-state index contributed by atoms with van der Waals surface area (Å²) in [5.41, 5.74) is -0.215. The molecule has 10 heteroatoms. The van der Waals surface area contributed by atoms with Gasteiger partial charge in [0.1, 0.15) is 4.88 Å². The summed E-state index contributed by atoms with van der Waals surface area (Å²) in [4.78, 5) is 45.9. The van der Waals surface area contributed by atoms with Gasteiger partial charge in [0.2, 0.25) is 0 Å². The van der Waals surface area contributed by atoms with E-state index in [1.54, 1.807) is 13.8 Å². The van der Waals surface area contributed by atoms with Crippen LogP contribution in [0.15, 0.2) is 0 Å². The molecular weight excluding hydrogens is 340 g/mol. The fraction of sp³-hybridized carbons (Fsp3) is 0.500. The largest absolute Gasteiger partial charge is 0.462 e. The predicted octanol–water partition coefficient (Wildman–Crippen LogP) is 2.29. The second-order valence-corrected chi connectivity index (χ2v) is 5.51. The first-order chi connectivity index (χ1) is 11.4. The first-order valence-electron chi connectivity index (χ1n) is 7.32. The molecule has 0 bridgehead atoms. The average molecular weight is 358 g/mol. The average Bonchev–Trinajstić information content (AvgIpc) is 2.86. The number of esters is 2. The van der Waals surface area contributed by atoms with E-state index in [-0.39, 0.29) is 35.1 Å². The second kappa shape index (κ2) is 8.96. The Bertz CT molecular complexity index is 654. The van der Waals surface area contributed by atoms with E-state index in [1.165, 1.54) is 6.92 Å². The molecule has 0 atom stereocenters. The number of nitro groups is 1. The summed E-state index contributed by atoms with van der Waals surface area (Å²) in [6.07, 6.45) is 0.811. The summed E-state index contributed by atoms with van der Waals surface area (Å²) < 4.78 is 9.44. The Labute approximate surface area is 142 Å². The molecule has 0 aliphatic rings. The molecule has 0 unspecified atom stereocenters. The van der Waals surface area contributed by atoms with Crippen LogP contribution >= 0.6 is 11.3 Å². The van der Waals surface area contributed by atoms with Crippen molar-refractivity contribution < 1.29 is 28.8 Å². The van der Waals surface area contributed by atoms with Gasteiger partial charge in [-0.3, -0.25) is 14.9 Å². The lowest BCUT2D eigenvalue weighted by Gasteiger charge is -2.02. The van der Waals surface area contributed by atoms with Gasteiger partial charge < -0.3 is 14.8 Å². The van der Waals surface area contributed by atoms with E-state index in [0.29, 0.717) is 17.8 Å². The number of carbonyl (C=O) groups excluding carboxylic acids is 3. The zero-order chi connectivity index (χ0) is 18.3. The zero-order valence-electron chi connectivity index (χ0n) is 13.5. The monoisotopic (exact) mass is 358 g/mol. The van der Waals surface area contributed by atoms with E-state index in [2.05, 4.69) is 10.1 Å². The predicted molar refractivity (Wildman–Crippen MR) is 86.2 cm³/mol. The van der Waals surface area contributed by atoms with E-state index >= 15 is 0 Å². The molecule has 1 aromatic heterocycles. The minimum absolute atomic E-state index is 0.00600. The Morgan fingerprint density at radius 2 is 1.79 bits per heavy atom. The number of nitrogens with one attached hydrogen (secondary N) is 1. The number of rotatable bonds is 7. The molecule has 1 amide bonds. The van der Waals surface area contributed by atoms with Crippen molar-refractivity contribution in [2.45, 2.75) is 33.6 Å². The Balaban J connectivity index is 3.30. The van der Waals surface area contributed by atoms with E-state index in [9.17, 15) is 24.5 Å². The molecule has 0 aromatic carbocycles. The minimum Gasteiger partial charge on any atom is -0.462 e. The smallest absolute Gasteiger partial charge is 0.397 e. The van der Waals surface area contributed by atoms with Gasteiger partial charge in [-0.05, 0) is 20.3 Å². The summed E-state index contributed by atoms with van der Waals surface area (Å²) in [5, 5.41) is 13.3. The zero-order valence-corrected chi connectivity index (χ0v) is 14.4. The number of nitrogens with zero attached hydrogens (tertiary/aromatic N) is 1. The lowest BCUT2D eigenvalue weighted by molar-refractivity contribution is -0.384. The van der Waals surface area contributed by atoms with Crippen LogP contribution in [0, 0.1) is 10.1 Å². The van der Waals surface area contributed by atoms with E-state index in [1.807, 2.05) is 0 Å². The van der Waals surface area contributed by atoms with Crippen molar-refractivity contribution in [3.63, 3.8) is 0 Å². The van der Waals surface area contributed by atoms with Gasteiger partial charge in [0.25, 0.3) is 0 Å². The Kier molecular flexibility index (Phi) is 7.31. The van der Waals surface area contributed by atoms with Crippen LogP contribution in [0.25, 0.3) is 0 Å². The third-order valence-electron chi connectivity index (χ3n) is 2.81. The summed E-state index contributed by atoms with van der Waals surface area (Å²) >= 11 is 0.710. The maximum Gasteiger partial charge on any atom is 0.397 e. The number of hydrogen-bond donors (Lipinski definition) is 1. The number of ether oxygens (including phenoxy) is 2. The van der Waals surface area contributed by atoms with E-state index in [4.69, 9.17) is 4.74 Å². The van der Waals surface area contributed by atoms with Crippen LogP contribution in [0.4, 0.5) is 10.7 Å². The van der Waals surface area contributed by atoms with Crippen molar-refractivity contribution in [3.05, 3.63) is 20.6 Å². The number of anilines is 1. The summed E-state index contributed by atoms with van der Waals surface area (Å²) in [6, 6.07) is 0. The Hall–Kier alpha value is -2.49. The summed E-state index contributed by atoms with van der Waals surface area (Å²) in [7, 11) is 0. The molecule has 132 valence electrons. The van der Waals surface area contributed by atoms with Crippen molar-refractivity contribution in [1.29, 1.82) is 0 Å². The summed E-state index contributed by atoms with van der Waals surface area (Å²) in [5.74, 6) is -3.00. The van der Waals surface area contributed by atoms with Gasteiger partial charge in [0.15, 0.2) is 5.00 Å². The molecule has 24 heavy (non-hydrogen) atoms. The van der Waals surface area contributed by atoms with Gasteiger partial charge in [-0.2, -0.15) is 0 Å². The highest BCUT2D eigenvalue weighted by molar-refractivity contribution is 7.19. The topological polar surface area (TPSA) is 125 Å². The Morgan fingerprint density at radius 1 is 1.17 bits per heavy atom. The molecule has 1 N–H and O–H groups in total. The standard InChI is InChI=1S/C14H18N2O7S/c1-4-7-8-9(16(20)21)12(15-11(17)14(19)23-6-3)24-10(8)13(18)22-5-2/h4-7H2,1-3H3,(H,15,17). The number of hydrogen-bond acceptors (Lipinski definition) is 8. The summed E-state index contributed by atoms with van der Waals surface area (Å²) in [6.45, 7) is 5.04. The molecular formula is C14H18N2O7S. The molecule has 0 saturated carbocycles. The maximum absolute atomic E-state index is 12.0. The Morgan fingerprint density at radius 3 is 2.29 bits per heavy atom. The van der Waals surface area contributed by atoms with E-state index in [0.717, 1.165) is 0 Å². The molecule has 1 heterocycles. The van der Waals surface area contributed by atoms with Crippen LogP contribution in [0.1, 0.15) is 42.4 Å². The van der Waals surface area contributed by atoms with Crippen LogP contribution in [-0.4, -0.2) is 36.0 Å².